The molecule has 1 aromatic heterocycles. The van der Waals surface area contributed by atoms with Gasteiger partial charge in [0.15, 0.2) is 5.69 Å². The minimum Gasteiger partial charge on any atom is -0.383 e. The molecular formula is C23H23N5O3. The molecule has 8 nitrogen and oxygen atoms in total. The molecule has 2 aromatic carbocycles. The third-order valence-corrected chi connectivity index (χ3v) is 4.91. The molecule has 0 fully saturated rings. The quantitative estimate of drug-likeness (QED) is 0.611. The number of nitrogens with zero attached hydrogens (tertiary/aromatic N) is 3. The van der Waals surface area contributed by atoms with Crippen LogP contribution in [-0.4, -0.2) is 15.5 Å². The van der Waals surface area contributed by atoms with Gasteiger partial charge in [-0.05, 0) is 36.2 Å². The zero-order valence-corrected chi connectivity index (χ0v) is 17.2. The first-order valence-electron chi connectivity index (χ1n) is 9.94. The smallest absolute Gasteiger partial charge is 0.330 e. The molecule has 31 heavy (non-hydrogen) atoms. The lowest BCUT2D eigenvalue weighted by atomic mass is 10.1. The molecule has 158 valence electrons. The largest absolute Gasteiger partial charge is 0.383 e. The standard InChI is InChI=1S/C23H23N5O3/c1-2-3-13-27-20(25)19(21(29)26-23(27)31)28(15-17-7-5-4-6-8-17)22(30)18-11-9-16(14-24)10-12-18/h4-12H,2-3,13,15,25H2,1H3,(H,26,29,31). The topological polar surface area (TPSA) is 125 Å². The Morgan fingerprint density at radius 3 is 2.42 bits per heavy atom. The van der Waals surface area contributed by atoms with Gasteiger partial charge in [0.2, 0.25) is 0 Å². The summed E-state index contributed by atoms with van der Waals surface area (Å²) >= 11 is 0. The van der Waals surface area contributed by atoms with Crippen molar-refractivity contribution >= 4 is 17.4 Å². The normalized spacial score (nSPS) is 10.5. The fourth-order valence-corrected chi connectivity index (χ4v) is 3.24. The van der Waals surface area contributed by atoms with Crippen LogP contribution < -0.4 is 21.9 Å². The highest BCUT2D eigenvalue weighted by molar-refractivity contribution is 6.07. The number of hydrogen-bond donors (Lipinski definition) is 2. The Kier molecular flexibility index (Phi) is 6.67. The molecule has 0 saturated heterocycles. The van der Waals surface area contributed by atoms with Crippen LogP contribution in [0.15, 0.2) is 64.2 Å². The van der Waals surface area contributed by atoms with Crippen molar-refractivity contribution in [3.63, 3.8) is 0 Å². The van der Waals surface area contributed by atoms with Gasteiger partial charge in [-0.1, -0.05) is 43.7 Å². The van der Waals surface area contributed by atoms with E-state index in [0.717, 1.165) is 12.0 Å². The van der Waals surface area contributed by atoms with Gasteiger partial charge in [0, 0.05) is 12.1 Å². The van der Waals surface area contributed by atoms with Crippen LogP contribution in [0.1, 0.15) is 41.3 Å². The Hall–Kier alpha value is -4.12. The molecule has 0 unspecified atom stereocenters. The first-order chi connectivity index (χ1) is 15.0. The molecule has 0 saturated carbocycles. The van der Waals surface area contributed by atoms with E-state index in [1.165, 1.54) is 33.7 Å². The number of nitrogen functional groups attached to an aromatic ring is 1. The SMILES string of the molecule is CCCCn1c(N)c(N(Cc2ccccc2)C(=O)c2ccc(C#N)cc2)c(=O)[nH]c1=O. The molecule has 1 amide bonds. The van der Waals surface area contributed by atoms with E-state index in [-0.39, 0.29) is 18.1 Å². The van der Waals surface area contributed by atoms with Crippen LogP contribution in [-0.2, 0) is 13.1 Å². The van der Waals surface area contributed by atoms with Crippen LogP contribution in [0.4, 0.5) is 11.5 Å². The molecule has 8 heteroatoms. The summed E-state index contributed by atoms with van der Waals surface area (Å²) in [4.78, 5) is 42.0. The Labute approximate surface area is 179 Å². The number of aromatic nitrogens is 2. The fraction of sp³-hybridized carbons (Fsp3) is 0.217. The van der Waals surface area contributed by atoms with Crippen molar-refractivity contribution in [3.8, 4) is 6.07 Å². The van der Waals surface area contributed by atoms with E-state index in [9.17, 15) is 14.4 Å². The molecule has 0 aliphatic heterocycles. The van der Waals surface area contributed by atoms with Gasteiger partial charge in [-0.25, -0.2) is 4.79 Å². The van der Waals surface area contributed by atoms with Crippen molar-refractivity contribution in [2.45, 2.75) is 32.9 Å². The number of rotatable bonds is 7. The summed E-state index contributed by atoms with van der Waals surface area (Å²) in [5, 5.41) is 9.01. The predicted octanol–water partition coefficient (Wildman–Crippen LogP) is 2.64. The van der Waals surface area contributed by atoms with Gasteiger partial charge < -0.3 is 5.73 Å². The molecule has 3 aromatic rings. The average molecular weight is 417 g/mol. The Bertz CT molecular complexity index is 1220. The molecule has 0 aliphatic carbocycles. The van der Waals surface area contributed by atoms with E-state index in [1.54, 1.807) is 0 Å². The van der Waals surface area contributed by atoms with Gasteiger partial charge in [-0.2, -0.15) is 5.26 Å². The number of nitrogens with one attached hydrogen (secondary N) is 1. The summed E-state index contributed by atoms with van der Waals surface area (Å²) in [7, 11) is 0. The van der Waals surface area contributed by atoms with Crippen molar-refractivity contribution in [2.24, 2.45) is 0 Å². The molecular weight excluding hydrogens is 394 g/mol. The number of aromatic amines is 1. The highest BCUT2D eigenvalue weighted by Crippen LogP contribution is 2.22. The van der Waals surface area contributed by atoms with Crippen LogP contribution in [0.25, 0.3) is 0 Å². The van der Waals surface area contributed by atoms with Gasteiger partial charge in [0.05, 0.1) is 18.2 Å². The van der Waals surface area contributed by atoms with E-state index in [4.69, 9.17) is 11.0 Å². The highest BCUT2D eigenvalue weighted by Gasteiger charge is 2.25. The van der Waals surface area contributed by atoms with Crippen LogP contribution in [0.3, 0.4) is 0 Å². The Morgan fingerprint density at radius 2 is 1.81 bits per heavy atom. The monoisotopic (exact) mass is 417 g/mol. The number of unbranched alkanes of at least 4 members (excludes halogenated alkanes) is 1. The van der Waals surface area contributed by atoms with Gasteiger partial charge in [-0.15, -0.1) is 0 Å². The minimum atomic E-state index is -0.729. The molecule has 0 spiro atoms. The number of benzene rings is 2. The highest BCUT2D eigenvalue weighted by atomic mass is 16.2. The zero-order valence-electron chi connectivity index (χ0n) is 17.2. The number of nitriles is 1. The fourth-order valence-electron chi connectivity index (χ4n) is 3.24. The second-order valence-corrected chi connectivity index (χ2v) is 7.06. The summed E-state index contributed by atoms with van der Waals surface area (Å²) in [6.07, 6.45) is 1.52. The Morgan fingerprint density at radius 1 is 1.13 bits per heavy atom. The maximum atomic E-state index is 13.4. The zero-order chi connectivity index (χ0) is 22.4. The summed E-state index contributed by atoms with van der Waals surface area (Å²) < 4.78 is 1.28. The van der Waals surface area contributed by atoms with E-state index in [1.807, 2.05) is 43.3 Å². The minimum absolute atomic E-state index is 0.0554. The van der Waals surface area contributed by atoms with Crippen molar-refractivity contribution in [3.05, 3.63) is 92.1 Å². The van der Waals surface area contributed by atoms with Crippen molar-refractivity contribution in [2.75, 3.05) is 10.6 Å². The lowest BCUT2D eigenvalue weighted by molar-refractivity contribution is 0.0984. The van der Waals surface area contributed by atoms with Crippen LogP contribution in [0.5, 0.6) is 0 Å². The maximum Gasteiger partial charge on any atom is 0.330 e. The molecule has 1 heterocycles. The van der Waals surface area contributed by atoms with Crippen LogP contribution in [0.2, 0.25) is 0 Å². The molecule has 0 bridgehead atoms. The van der Waals surface area contributed by atoms with Crippen molar-refractivity contribution in [1.29, 1.82) is 5.26 Å². The molecule has 0 aliphatic rings. The molecule has 3 N–H and O–H groups in total. The van der Waals surface area contributed by atoms with E-state index < -0.39 is 17.2 Å². The van der Waals surface area contributed by atoms with Crippen LogP contribution in [0, 0.1) is 11.3 Å². The van der Waals surface area contributed by atoms with Crippen LogP contribution >= 0.6 is 0 Å². The number of nitrogens with two attached hydrogens (primary N) is 1. The average Bonchev–Trinajstić information content (AvgIpc) is 2.78. The molecule has 0 atom stereocenters. The summed E-state index contributed by atoms with van der Waals surface area (Å²) in [6, 6.07) is 17.3. The van der Waals surface area contributed by atoms with Gasteiger partial charge in [0.25, 0.3) is 11.5 Å². The van der Waals surface area contributed by atoms with Gasteiger partial charge in [0.1, 0.15) is 5.82 Å². The third kappa shape index (κ3) is 4.73. The lowest BCUT2D eigenvalue weighted by Crippen LogP contribution is -2.41. The molecule has 3 rings (SSSR count). The molecule has 0 radical (unpaired) electrons. The van der Waals surface area contributed by atoms with Gasteiger partial charge >= 0.3 is 5.69 Å². The predicted molar refractivity (Wildman–Crippen MR) is 119 cm³/mol. The maximum absolute atomic E-state index is 13.4. The van der Waals surface area contributed by atoms with E-state index in [0.29, 0.717) is 24.1 Å². The summed E-state index contributed by atoms with van der Waals surface area (Å²) in [5.74, 6) is -0.522. The van der Waals surface area contributed by atoms with E-state index in [2.05, 4.69) is 4.98 Å². The number of hydrogen-bond acceptors (Lipinski definition) is 5. The second kappa shape index (κ2) is 9.59. The number of carbonyl (C=O) groups is 1. The Balaban J connectivity index is 2.14. The van der Waals surface area contributed by atoms with Crippen molar-refractivity contribution in [1.82, 2.24) is 9.55 Å². The summed E-state index contributed by atoms with van der Waals surface area (Å²) in [6.45, 7) is 2.39. The number of anilines is 2. The first kappa shape index (κ1) is 21.6. The first-order valence-corrected chi connectivity index (χ1v) is 9.94. The van der Waals surface area contributed by atoms with Crippen molar-refractivity contribution < 1.29 is 4.79 Å². The lowest BCUT2D eigenvalue weighted by Gasteiger charge is -2.25. The number of H-pyrrole nitrogens is 1. The van der Waals surface area contributed by atoms with E-state index >= 15 is 0 Å². The second-order valence-electron chi connectivity index (χ2n) is 7.06. The third-order valence-electron chi connectivity index (χ3n) is 4.91. The summed E-state index contributed by atoms with van der Waals surface area (Å²) in [5.41, 5.74) is 6.33. The number of amides is 1. The number of carbonyl (C=O) groups excluding carboxylic acids is 1. The van der Waals surface area contributed by atoms with Gasteiger partial charge in [-0.3, -0.25) is 24.0 Å².